The molecular weight excluding hydrogens is 644 g/mol. The van der Waals surface area contributed by atoms with Crippen molar-refractivity contribution < 1.29 is 34.4 Å². The monoisotopic (exact) mass is 684 g/mol. The first-order chi connectivity index (χ1) is 24.7. The molecule has 0 unspecified atom stereocenters. The van der Waals surface area contributed by atoms with Crippen molar-refractivity contribution in [1.29, 1.82) is 0 Å². The summed E-state index contributed by atoms with van der Waals surface area (Å²) in [4.78, 5) is 29.2. The Morgan fingerprint density at radius 2 is 1.45 bits per heavy atom. The van der Waals surface area contributed by atoms with Crippen molar-refractivity contribution in [3.8, 4) is 16.9 Å². The Labute approximate surface area is 296 Å². The molecule has 0 saturated carbocycles. The number of imide groups is 1. The molecule has 0 bridgehead atoms. The summed E-state index contributed by atoms with van der Waals surface area (Å²) in [6.07, 6.45) is -1.31. The van der Waals surface area contributed by atoms with Crippen molar-refractivity contribution in [3.05, 3.63) is 160 Å². The van der Waals surface area contributed by atoms with E-state index in [9.17, 15) is 24.9 Å². The number of phenolic OH excluding ortho intramolecular Hbond substituents is 1. The molecule has 0 radical (unpaired) electrons. The number of amides is 2. The molecule has 9 heteroatoms. The van der Waals surface area contributed by atoms with Crippen LogP contribution in [0.1, 0.15) is 73.5 Å². The van der Waals surface area contributed by atoms with Gasteiger partial charge in [-0.3, -0.25) is 14.5 Å². The van der Waals surface area contributed by atoms with E-state index < -0.39 is 12.4 Å². The number of aliphatic hydroxyl groups is 2. The fraction of sp³-hybridized carbons (Fsp3) is 0.238. The van der Waals surface area contributed by atoms with Crippen molar-refractivity contribution >= 4 is 11.8 Å². The van der Waals surface area contributed by atoms with Crippen LogP contribution < -0.4 is 0 Å². The topological polar surface area (TPSA) is 120 Å². The highest BCUT2D eigenvalue weighted by Gasteiger charge is 2.35. The van der Waals surface area contributed by atoms with E-state index in [2.05, 4.69) is 0 Å². The lowest BCUT2D eigenvalue weighted by atomic mass is 9.98. The number of benzene rings is 5. The summed E-state index contributed by atoms with van der Waals surface area (Å²) in [5, 5.41) is 30.3. The molecule has 3 N–H and O–H groups in total. The van der Waals surface area contributed by atoms with Crippen LogP contribution in [0.2, 0.25) is 0 Å². The first kappa shape index (κ1) is 34.3. The smallest absolute Gasteiger partial charge is 0.261 e. The number of rotatable bonds is 11. The minimum atomic E-state index is -0.779. The van der Waals surface area contributed by atoms with Crippen LogP contribution in [0.3, 0.4) is 0 Å². The van der Waals surface area contributed by atoms with Crippen LogP contribution in [0.4, 0.5) is 0 Å². The van der Waals surface area contributed by atoms with Crippen LogP contribution in [-0.2, 0) is 22.6 Å². The van der Waals surface area contributed by atoms with Crippen molar-refractivity contribution in [2.75, 3.05) is 20.1 Å². The fourth-order valence-electron chi connectivity index (χ4n) is 6.84. The van der Waals surface area contributed by atoms with Gasteiger partial charge in [0.1, 0.15) is 5.75 Å². The van der Waals surface area contributed by atoms with Crippen molar-refractivity contribution in [2.45, 2.75) is 44.2 Å². The lowest BCUT2D eigenvalue weighted by Gasteiger charge is -2.38. The van der Waals surface area contributed by atoms with Gasteiger partial charge in [-0.1, -0.05) is 91.0 Å². The van der Waals surface area contributed by atoms with Crippen LogP contribution in [0.5, 0.6) is 5.75 Å². The minimum Gasteiger partial charge on any atom is -0.508 e. The highest BCUT2D eigenvalue weighted by Crippen LogP contribution is 2.39. The van der Waals surface area contributed by atoms with Gasteiger partial charge in [0.05, 0.1) is 42.6 Å². The molecule has 51 heavy (non-hydrogen) atoms. The highest BCUT2D eigenvalue weighted by atomic mass is 16.7. The van der Waals surface area contributed by atoms with Gasteiger partial charge in [-0.05, 0) is 70.8 Å². The Morgan fingerprint density at radius 1 is 0.765 bits per heavy atom. The predicted molar refractivity (Wildman–Crippen MR) is 192 cm³/mol. The van der Waals surface area contributed by atoms with Gasteiger partial charge in [0.2, 0.25) is 0 Å². The van der Waals surface area contributed by atoms with Crippen LogP contribution in [0, 0.1) is 0 Å². The van der Waals surface area contributed by atoms with E-state index in [0.29, 0.717) is 36.2 Å². The SMILES string of the molecule is CN(C[C@H]1C[C@@H](c2ccc(CO)cc2)O[C@@H](c2ccc(-c3cccc(CN4C(=O)c5ccccc5C4=O)c3)cc2)O1)C[C@@H](O)c1cccc(O)c1. The van der Waals surface area contributed by atoms with Gasteiger partial charge in [-0.25, -0.2) is 0 Å². The van der Waals surface area contributed by atoms with Crippen molar-refractivity contribution in [3.63, 3.8) is 0 Å². The molecule has 2 aliphatic heterocycles. The Kier molecular flexibility index (Phi) is 10.1. The molecule has 0 aliphatic carbocycles. The molecule has 1 saturated heterocycles. The zero-order valence-corrected chi connectivity index (χ0v) is 28.3. The standard InChI is InChI=1S/C42H40N2O7/c1-43(25-38(47)33-8-5-9-34(46)21-33)24-35-22-39(30-14-12-27(26-45)13-15-30)51-42(50-35)31-18-16-29(17-19-31)32-7-4-6-28(20-32)23-44-40(48)36-10-2-3-11-37(36)41(44)49/h2-21,35,38-39,42,45-47H,22-26H2,1H3/t35-,38-,39+,42+/m1/s1. The van der Waals surface area contributed by atoms with Crippen LogP contribution in [0.25, 0.3) is 11.1 Å². The molecule has 1 fully saturated rings. The lowest BCUT2D eigenvalue weighted by Crippen LogP contribution is -2.39. The van der Waals surface area contributed by atoms with Crippen molar-refractivity contribution in [2.24, 2.45) is 0 Å². The number of likely N-dealkylation sites (N-methyl/N-ethyl adjacent to an activating group) is 1. The summed E-state index contributed by atoms with van der Waals surface area (Å²) in [6.45, 7) is 1.04. The number of nitrogens with zero attached hydrogens (tertiary/aromatic N) is 2. The summed E-state index contributed by atoms with van der Waals surface area (Å²) < 4.78 is 13.1. The first-order valence-electron chi connectivity index (χ1n) is 17.1. The lowest BCUT2D eigenvalue weighted by molar-refractivity contribution is -0.252. The molecule has 0 aromatic heterocycles. The number of carbonyl (C=O) groups is 2. The number of ether oxygens (including phenoxy) is 2. The summed E-state index contributed by atoms with van der Waals surface area (Å²) >= 11 is 0. The summed E-state index contributed by atoms with van der Waals surface area (Å²) in [5.41, 5.74) is 6.94. The van der Waals surface area contributed by atoms with E-state index >= 15 is 0 Å². The van der Waals surface area contributed by atoms with Crippen LogP contribution in [0.15, 0.2) is 121 Å². The largest absolute Gasteiger partial charge is 0.508 e. The van der Waals surface area contributed by atoms with E-state index in [1.54, 1.807) is 48.5 Å². The van der Waals surface area contributed by atoms with E-state index in [1.807, 2.05) is 84.7 Å². The second-order valence-corrected chi connectivity index (χ2v) is 13.2. The zero-order chi connectivity index (χ0) is 35.5. The quantitative estimate of drug-likeness (QED) is 0.134. The molecule has 9 nitrogen and oxygen atoms in total. The number of hydrogen-bond acceptors (Lipinski definition) is 8. The molecule has 4 atom stereocenters. The number of phenols is 1. The highest BCUT2D eigenvalue weighted by molar-refractivity contribution is 6.21. The van der Waals surface area contributed by atoms with Gasteiger partial charge in [0.15, 0.2) is 6.29 Å². The van der Waals surface area contributed by atoms with Crippen molar-refractivity contribution in [1.82, 2.24) is 9.80 Å². The number of aliphatic hydroxyl groups excluding tert-OH is 2. The molecular formula is C42H40N2O7. The predicted octanol–water partition coefficient (Wildman–Crippen LogP) is 6.56. The van der Waals surface area contributed by atoms with E-state index in [-0.39, 0.29) is 42.9 Å². The maximum Gasteiger partial charge on any atom is 0.261 e. The second kappa shape index (κ2) is 15.0. The third kappa shape index (κ3) is 7.63. The van der Waals surface area contributed by atoms with Gasteiger partial charge in [-0.15, -0.1) is 0 Å². The third-order valence-corrected chi connectivity index (χ3v) is 9.53. The molecule has 2 amide bonds. The van der Waals surface area contributed by atoms with Gasteiger partial charge in [-0.2, -0.15) is 0 Å². The Morgan fingerprint density at radius 3 is 2.14 bits per heavy atom. The van der Waals surface area contributed by atoms with Gasteiger partial charge in [0.25, 0.3) is 11.8 Å². The average molecular weight is 685 g/mol. The number of aromatic hydroxyl groups is 1. The van der Waals surface area contributed by atoms with Crippen LogP contribution in [-0.4, -0.2) is 63.2 Å². The van der Waals surface area contributed by atoms with E-state index in [0.717, 1.165) is 33.4 Å². The van der Waals surface area contributed by atoms with Gasteiger partial charge < -0.3 is 29.7 Å². The third-order valence-electron chi connectivity index (χ3n) is 9.53. The number of hydrogen-bond donors (Lipinski definition) is 3. The summed E-state index contributed by atoms with van der Waals surface area (Å²) in [5.74, 6) is -0.449. The molecule has 7 rings (SSSR count). The molecule has 260 valence electrons. The molecule has 2 aliphatic rings. The number of fused-ring (bicyclic) bond motifs is 1. The normalized spacial score (nSPS) is 19.4. The van der Waals surface area contributed by atoms with E-state index in [1.165, 1.54) is 4.90 Å². The maximum absolute atomic E-state index is 12.9. The summed E-state index contributed by atoms with van der Waals surface area (Å²) in [6, 6.07) is 37.1. The number of carbonyl (C=O) groups excluding carboxylic acids is 2. The Bertz CT molecular complexity index is 1980. The first-order valence-corrected chi connectivity index (χ1v) is 17.1. The molecule has 5 aromatic rings. The molecule has 2 heterocycles. The zero-order valence-electron chi connectivity index (χ0n) is 28.3. The maximum atomic E-state index is 12.9. The second-order valence-electron chi connectivity index (χ2n) is 13.2. The average Bonchev–Trinajstić information content (AvgIpc) is 3.39. The fourth-order valence-corrected chi connectivity index (χ4v) is 6.84. The molecule has 0 spiro atoms. The Hall–Kier alpha value is -5.16. The molecule has 5 aromatic carbocycles. The van der Waals surface area contributed by atoms with Crippen LogP contribution >= 0.6 is 0 Å². The van der Waals surface area contributed by atoms with Gasteiger partial charge in [0, 0.05) is 25.1 Å². The summed E-state index contributed by atoms with van der Waals surface area (Å²) in [7, 11) is 1.93. The van der Waals surface area contributed by atoms with E-state index in [4.69, 9.17) is 9.47 Å². The minimum absolute atomic E-state index is 0.0372. The van der Waals surface area contributed by atoms with Gasteiger partial charge >= 0.3 is 0 Å². The Balaban J connectivity index is 1.06.